The molecule has 0 aromatic heterocycles. The molecule has 1 saturated heterocycles. The predicted molar refractivity (Wildman–Crippen MR) is 84.3 cm³/mol. The largest absolute Gasteiger partial charge is 0.493 e. The molecule has 1 aliphatic rings. The second kappa shape index (κ2) is 7.82. The number of methoxy groups -OCH3 is 3. The van der Waals surface area contributed by atoms with Gasteiger partial charge in [-0.05, 0) is 18.2 Å². The molecule has 7 nitrogen and oxygen atoms in total. The molecule has 7 heteroatoms. The molecule has 0 spiro atoms. The number of amides is 1. The lowest BCUT2D eigenvalue weighted by Gasteiger charge is -2.33. The second-order valence-electron chi connectivity index (χ2n) is 5.23. The van der Waals surface area contributed by atoms with E-state index in [9.17, 15) is 9.59 Å². The predicted octanol–water partition coefficient (Wildman–Crippen LogP) is 1.27. The summed E-state index contributed by atoms with van der Waals surface area (Å²) in [7, 11) is 4.47. The Kier molecular flexibility index (Phi) is 5.81. The number of hydrogen-bond acceptors (Lipinski definition) is 6. The van der Waals surface area contributed by atoms with Gasteiger partial charge < -0.3 is 19.1 Å². The summed E-state index contributed by atoms with van der Waals surface area (Å²) in [5.41, 5.74) is 0.582. The van der Waals surface area contributed by atoms with Crippen molar-refractivity contribution in [2.24, 2.45) is 0 Å². The van der Waals surface area contributed by atoms with E-state index in [1.54, 1.807) is 30.2 Å². The molecule has 0 N–H and O–H groups in total. The molecule has 126 valence electrons. The van der Waals surface area contributed by atoms with E-state index in [0.29, 0.717) is 49.8 Å². The fourth-order valence-corrected chi connectivity index (χ4v) is 2.52. The van der Waals surface area contributed by atoms with Gasteiger partial charge in [-0.2, -0.15) is 0 Å². The summed E-state index contributed by atoms with van der Waals surface area (Å²) in [6.45, 7) is 2.73. The van der Waals surface area contributed by atoms with Crippen molar-refractivity contribution in [1.29, 1.82) is 0 Å². The van der Waals surface area contributed by atoms with Crippen LogP contribution < -0.4 is 9.47 Å². The Morgan fingerprint density at radius 3 is 2.22 bits per heavy atom. The zero-order chi connectivity index (χ0) is 16.8. The van der Waals surface area contributed by atoms with Crippen molar-refractivity contribution in [3.63, 3.8) is 0 Å². The first-order chi connectivity index (χ1) is 11.1. The van der Waals surface area contributed by atoms with E-state index in [1.807, 2.05) is 4.90 Å². The summed E-state index contributed by atoms with van der Waals surface area (Å²) < 4.78 is 15.1. The third-order valence-corrected chi connectivity index (χ3v) is 3.88. The van der Waals surface area contributed by atoms with Crippen molar-refractivity contribution in [1.82, 2.24) is 9.80 Å². The highest BCUT2D eigenvalue weighted by molar-refractivity contribution is 5.98. The van der Waals surface area contributed by atoms with Crippen molar-refractivity contribution in [3.05, 3.63) is 23.8 Å². The molecule has 1 fully saturated rings. The molecule has 0 bridgehead atoms. The fraction of sp³-hybridized carbons (Fsp3) is 0.500. The van der Waals surface area contributed by atoms with Crippen LogP contribution in [0.5, 0.6) is 11.5 Å². The maximum Gasteiger partial charge on any atom is 0.409 e. The van der Waals surface area contributed by atoms with E-state index in [4.69, 9.17) is 14.2 Å². The Labute approximate surface area is 135 Å². The fourth-order valence-electron chi connectivity index (χ4n) is 2.52. The van der Waals surface area contributed by atoms with Gasteiger partial charge in [-0.25, -0.2) is 4.79 Å². The van der Waals surface area contributed by atoms with Crippen molar-refractivity contribution < 1.29 is 23.8 Å². The third-order valence-electron chi connectivity index (χ3n) is 3.88. The van der Waals surface area contributed by atoms with Gasteiger partial charge in [0.15, 0.2) is 17.3 Å². The highest BCUT2D eigenvalue weighted by Gasteiger charge is 2.23. The van der Waals surface area contributed by atoms with Crippen LogP contribution in [0, 0.1) is 0 Å². The number of Topliss-reactive ketones (excluding diaryl/α,β-unsaturated/α-hetero) is 1. The third kappa shape index (κ3) is 4.13. The van der Waals surface area contributed by atoms with Gasteiger partial charge in [0.25, 0.3) is 0 Å². The number of hydrogen-bond donors (Lipinski definition) is 0. The SMILES string of the molecule is COC(=O)N1CCN(CC(=O)c2ccc(OC)c(OC)c2)CC1. The van der Waals surface area contributed by atoms with Crippen molar-refractivity contribution in [2.45, 2.75) is 0 Å². The molecule has 23 heavy (non-hydrogen) atoms. The van der Waals surface area contributed by atoms with E-state index in [-0.39, 0.29) is 11.9 Å². The van der Waals surface area contributed by atoms with Crippen molar-refractivity contribution in [3.8, 4) is 11.5 Å². The van der Waals surface area contributed by atoms with Crippen molar-refractivity contribution >= 4 is 11.9 Å². The monoisotopic (exact) mass is 322 g/mol. The van der Waals surface area contributed by atoms with E-state index >= 15 is 0 Å². The maximum absolute atomic E-state index is 12.4. The molecule has 1 heterocycles. The summed E-state index contributed by atoms with van der Waals surface area (Å²) in [6, 6.07) is 5.14. The van der Waals surface area contributed by atoms with Crippen LogP contribution in [0.1, 0.15) is 10.4 Å². The Hall–Kier alpha value is -2.28. The van der Waals surface area contributed by atoms with Crippen LogP contribution in [0.15, 0.2) is 18.2 Å². The molecular formula is C16H22N2O5. The first-order valence-corrected chi connectivity index (χ1v) is 7.39. The van der Waals surface area contributed by atoms with Gasteiger partial charge in [-0.1, -0.05) is 0 Å². The highest BCUT2D eigenvalue weighted by atomic mass is 16.5. The normalized spacial score (nSPS) is 15.2. The van der Waals surface area contributed by atoms with Gasteiger partial charge in [0.05, 0.1) is 27.9 Å². The summed E-state index contributed by atoms with van der Waals surface area (Å²) in [4.78, 5) is 27.5. The number of nitrogens with zero attached hydrogens (tertiary/aromatic N) is 2. The molecule has 0 unspecified atom stereocenters. The zero-order valence-corrected chi connectivity index (χ0v) is 13.7. The number of rotatable bonds is 5. The molecule has 1 aromatic rings. The van der Waals surface area contributed by atoms with Gasteiger partial charge >= 0.3 is 6.09 Å². The molecule has 2 rings (SSSR count). The van der Waals surface area contributed by atoms with Crippen LogP contribution in [-0.2, 0) is 4.74 Å². The Morgan fingerprint density at radius 2 is 1.65 bits per heavy atom. The van der Waals surface area contributed by atoms with Gasteiger partial charge in [-0.3, -0.25) is 9.69 Å². The Balaban J connectivity index is 1.94. The molecule has 0 aliphatic carbocycles. The summed E-state index contributed by atoms with van der Waals surface area (Å²) in [6.07, 6.45) is -0.323. The minimum absolute atomic E-state index is 0.0115. The van der Waals surface area contributed by atoms with E-state index in [0.717, 1.165) is 0 Å². The second-order valence-corrected chi connectivity index (χ2v) is 5.23. The number of ether oxygens (including phenoxy) is 3. The number of benzene rings is 1. The van der Waals surface area contributed by atoms with E-state index < -0.39 is 0 Å². The molecular weight excluding hydrogens is 300 g/mol. The lowest BCUT2D eigenvalue weighted by Crippen LogP contribution is -2.49. The average Bonchev–Trinajstić information content (AvgIpc) is 2.60. The van der Waals surface area contributed by atoms with Gasteiger partial charge in [0.1, 0.15) is 0 Å². The Morgan fingerprint density at radius 1 is 1.00 bits per heavy atom. The number of carbonyl (C=O) groups is 2. The quantitative estimate of drug-likeness (QED) is 0.761. The number of piperazine rings is 1. The molecule has 0 atom stereocenters. The minimum Gasteiger partial charge on any atom is -0.493 e. The molecule has 0 saturated carbocycles. The topological polar surface area (TPSA) is 68.3 Å². The number of carbonyl (C=O) groups excluding carboxylic acids is 2. The Bertz CT molecular complexity index is 568. The first kappa shape index (κ1) is 17.1. The van der Waals surface area contributed by atoms with Crippen LogP contribution in [0.4, 0.5) is 4.79 Å². The van der Waals surface area contributed by atoms with Crippen LogP contribution in [0.25, 0.3) is 0 Å². The van der Waals surface area contributed by atoms with Gasteiger partial charge in [0.2, 0.25) is 0 Å². The van der Waals surface area contributed by atoms with Crippen molar-refractivity contribution in [2.75, 3.05) is 54.1 Å². The van der Waals surface area contributed by atoms with Crippen LogP contribution in [-0.4, -0.2) is 75.7 Å². The number of ketones is 1. The lowest BCUT2D eigenvalue weighted by atomic mass is 10.1. The minimum atomic E-state index is -0.323. The molecule has 1 aliphatic heterocycles. The first-order valence-electron chi connectivity index (χ1n) is 7.39. The molecule has 1 amide bonds. The lowest BCUT2D eigenvalue weighted by molar-refractivity contribution is 0.0790. The summed E-state index contributed by atoms with van der Waals surface area (Å²) in [5, 5.41) is 0. The molecule has 1 aromatic carbocycles. The van der Waals surface area contributed by atoms with Crippen LogP contribution in [0.2, 0.25) is 0 Å². The van der Waals surface area contributed by atoms with E-state index in [2.05, 4.69) is 0 Å². The smallest absolute Gasteiger partial charge is 0.409 e. The van der Waals surface area contributed by atoms with Crippen LogP contribution in [0.3, 0.4) is 0 Å². The van der Waals surface area contributed by atoms with Crippen LogP contribution >= 0.6 is 0 Å². The van der Waals surface area contributed by atoms with Gasteiger partial charge in [-0.15, -0.1) is 0 Å². The maximum atomic E-state index is 12.4. The highest BCUT2D eigenvalue weighted by Crippen LogP contribution is 2.27. The summed E-state index contributed by atoms with van der Waals surface area (Å²) in [5.74, 6) is 1.14. The van der Waals surface area contributed by atoms with Gasteiger partial charge in [0, 0.05) is 31.7 Å². The average molecular weight is 322 g/mol. The standard InChI is InChI=1S/C16H22N2O5/c1-21-14-5-4-12(10-15(14)22-2)13(19)11-17-6-8-18(9-7-17)16(20)23-3/h4-5,10H,6-9,11H2,1-3H3. The summed E-state index contributed by atoms with van der Waals surface area (Å²) >= 11 is 0. The zero-order valence-electron chi connectivity index (χ0n) is 13.7. The van der Waals surface area contributed by atoms with E-state index in [1.165, 1.54) is 14.2 Å². The molecule has 0 radical (unpaired) electrons.